The van der Waals surface area contributed by atoms with E-state index in [0.29, 0.717) is 64.2 Å². The van der Waals surface area contributed by atoms with E-state index in [4.69, 9.17) is 75.8 Å². The first kappa shape index (κ1) is 114. The van der Waals surface area contributed by atoms with Gasteiger partial charge in [0.05, 0.1) is 19.1 Å². The Kier molecular flexibility index (Phi) is 54.6. The predicted octanol–water partition coefficient (Wildman–Crippen LogP) is 0.320. The Morgan fingerprint density at radius 1 is 0.316 bits per heavy atom. The van der Waals surface area contributed by atoms with Crippen LogP contribution in [0.4, 0.5) is 4.79 Å². The molecule has 46 nitrogen and oxygen atoms in total. The highest BCUT2D eigenvalue weighted by Crippen LogP contribution is 2.32. The van der Waals surface area contributed by atoms with Crippen LogP contribution in [-0.4, -0.2) is 314 Å². The Bertz CT molecular complexity index is 3780. The molecule has 10 amide bonds. The number of nitrogens with zero attached hydrogens (tertiary/aromatic N) is 1. The standard InChI is InChI=1S/C87H135N11O35/c1-52(99)95-74-80(128-61(10)108)77(125-58(7)105)66(49-121-55(4)102)131-84(74)118-43-24-14-19-33-69(111)88-37-27-40-91-72(114)46-98(47-73(115)92-41-28-38-89-70(112)34-20-15-25-44-119-85-75(96-53(2)100)81(129-62(11)109)78(126-59(8)106)67(132-85)50-122-56(5)103)65(32-22-23-36-94-87(117)124-48-64-30-17-13-18-31-64)83(116)93-42-29-39-90-71(113)35-21-16-26-45-120-86-76(97-54(3)101)82(130-63(12)110)79(127-60(9)107)68(133-86)51-123-57(6)104/h13,17-18,30-31,65-68,74-82,84-86H,14-16,19-29,32-51H2,1-12H3,(H,88,111)(H,89,112)(H,90,113)(H,91,114)(H,92,115)(H,93,116)(H,94,117)(H,95,99)(H,96,100)(H,97,101). The molecule has 4 rings (SSSR count). The van der Waals surface area contributed by atoms with Crippen LogP contribution in [0.2, 0.25) is 0 Å². The fourth-order valence-electron chi connectivity index (χ4n) is 14.3. The maximum atomic E-state index is 14.6. The highest BCUT2D eigenvalue weighted by molar-refractivity contribution is 5.86. The van der Waals surface area contributed by atoms with Crippen LogP contribution in [0.15, 0.2) is 30.3 Å². The van der Waals surface area contributed by atoms with Crippen molar-refractivity contribution in [2.75, 3.05) is 98.5 Å². The summed E-state index contributed by atoms with van der Waals surface area (Å²) >= 11 is 0. The average Bonchev–Trinajstić information content (AvgIpc) is 0.794. The number of benzene rings is 1. The molecule has 3 heterocycles. The van der Waals surface area contributed by atoms with Gasteiger partial charge in [0.2, 0.25) is 53.2 Å². The molecule has 0 aromatic heterocycles. The number of rotatable bonds is 61. The lowest BCUT2D eigenvalue weighted by Crippen LogP contribution is -2.66. The lowest BCUT2D eigenvalue weighted by atomic mass is 9.96. The van der Waals surface area contributed by atoms with Crippen molar-refractivity contribution in [1.82, 2.24) is 58.1 Å². The van der Waals surface area contributed by atoms with E-state index in [9.17, 15) is 91.1 Å². The molecule has 0 saturated carbocycles. The van der Waals surface area contributed by atoms with Crippen molar-refractivity contribution in [1.29, 1.82) is 0 Å². The van der Waals surface area contributed by atoms with Gasteiger partial charge in [-0.15, -0.1) is 0 Å². The number of hydrogen-bond donors (Lipinski definition) is 10. The number of hydrogen-bond acceptors (Lipinski definition) is 36. The second-order valence-electron chi connectivity index (χ2n) is 31.7. The lowest BCUT2D eigenvalue weighted by Gasteiger charge is -2.44. The normalized spacial score (nSPS) is 21.4. The molecule has 3 fully saturated rings. The molecule has 0 radical (unpaired) electrons. The first-order valence-electron chi connectivity index (χ1n) is 44.7. The van der Waals surface area contributed by atoms with Gasteiger partial charge in [-0.05, 0) is 82.6 Å². The zero-order valence-electron chi connectivity index (χ0n) is 77.9. The molecule has 16 atom stereocenters. The van der Waals surface area contributed by atoms with Gasteiger partial charge >= 0.3 is 59.8 Å². The molecular weight excluding hydrogens is 1760 g/mol. The van der Waals surface area contributed by atoms with Crippen molar-refractivity contribution < 1.29 is 167 Å². The fraction of sp³-hybridized carbons (Fsp3) is 0.713. The number of unbranched alkanes of at least 4 members (excludes halogenated alkanes) is 7. The summed E-state index contributed by atoms with van der Waals surface area (Å²) in [5.41, 5.74) is 0.761. The fourth-order valence-corrected chi connectivity index (χ4v) is 14.3. The Morgan fingerprint density at radius 2 is 0.617 bits per heavy atom. The highest BCUT2D eigenvalue weighted by Gasteiger charge is 2.55. The number of nitrogens with one attached hydrogen (secondary N) is 10. The number of alkyl carbamates (subject to hydrolysis) is 1. The van der Waals surface area contributed by atoms with Gasteiger partial charge < -0.3 is 129 Å². The molecule has 0 spiro atoms. The number of carbonyl (C=O) groups excluding carboxylic acids is 19. The maximum absolute atomic E-state index is 14.6. The average molecular weight is 1900 g/mol. The van der Waals surface area contributed by atoms with Gasteiger partial charge in [0.25, 0.3) is 0 Å². The van der Waals surface area contributed by atoms with E-state index in [1.807, 2.05) is 6.07 Å². The summed E-state index contributed by atoms with van der Waals surface area (Å²) in [6, 6.07) is 4.36. The minimum atomic E-state index is -1.31. The molecule has 133 heavy (non-hydrogen) atoms. The SMILES string of the molecule is CC(=O)NC1C(OCCCCCC(=O)NCCCNC(=O)CN(CC(=O)NCCCNC(=O)CCCCCOC2OC(COC(C)=O)C(OC(C)=O)C(OC(C)=O)C2NC(C)=O)C(CCCCNC(=O)OCc2ccccc2)C(=O)NCCCNC(=O)CCCCCOC2OC(COC(C)=O)C(OC(C)=O)C(OC(C)=O)C2NC(C)=O)OC(COC(C)=O)C(OC(C)=O)C1OC(C)=O. The third kappa shape index (κ3) is 48.2. The maximum Gasteiger partial charge on any atom is 0.407 e. The second kappa shape index (κ2) is 63.7. The van der Waals surface area contributed by atoms with Crippen LogP contribution < -0.4 is 53.2 Å². The quantitative estimate of drug-likeness (QED) is 0.0238. The molecule has 0 aliphatic carbocycles. The van der Waals surface area contributed by atoms with Crippen LogP contribution in [0.25, 0.3) is 0 Å². The van der Waals surface area contributed by atoms with Gasteiger partial charge in [0.1, 0.15) is 62.9 Å². The topological polar surface area (TPSA) is 596 Å². The Morgan fingerprint density at radius 3 is 0.925 bits per heavy atom. The number of ether oxygens (including phenoxy) is 16. The van der Waals surface area contributed by atoms with Crippen molar-refractivity contribution in [2.45, 2.75) is 303 Å². The molecule has 748 valence electrons. The van der Waals surface area contributed by atoms with E-state index in [0.717, 1.165) is 67.9 Å². The van der Waals surface area contributed by atoms with Crippen LogP contribution in [0.5, 0.6) is 0 Å². The zero-order chi connectivity index (χ0) is 98.3. The molecule has 46 heteroatoms. The van der Waals surface area contributed by atoms with E-state index in [2.05, 4.69) is 53.2 Å². The number of amides is 10. The number of carbonyl (C=O) groups is 19. The zero-order valence-corrected chi connectivity index (χ0v) is 77.9. The van der Waals surface area contributed by atoms with Crippen molar-refractivity contribution in [3.63, 3.8) is 0 Å². The van der Waals surface area contributed by atoms with Crippen molar-refractivity contribution in [3.8, 4) is 0 Å². The smallest absolute Gasteiger partial charge is 0.407 e. The third-order valence-electron chi connectivity index (χ3n) is 20.0. The first-order valence-corrected chi connectivity index (χ1v) is 44.7. The van der Waals surface area contributed by atoms with E-state index >= 15 is 0 Å². The van der Waals surface area contributed by atoms with E-state index in [1.165, 1.54) is 25.7 Å². The van der Waals surface area contributed by atoms with Crippen LogP contribution in [0.3, 0.4) is 0 Å². The van der Waals surface area contributed by atoms with Crippen molar-refractivity contribution in [2.24, 2.45) is 0 Å². The van der Waals surface area contributed by atoms with Gasteiger partial charge in [-0.3, -0.25) is 91.2 Å². The van der Waals surface area contributed by atoms with E-state index < -0.39 is 226 Å². The summed E-state index contributed by atoms with van der Waals surface area (Å²) < 4.78 is 90.0. The molecular formula is C87H135N11O35. The molecule has 3 aliphatic rings. The van der Waals surface area contributed by atoms with Crippen LogP contribution in [0, 0.1) is 0 Å². The van der Waals surface area contributed by atoms with Crippen molar-refractivity contribution in [3.05, 3.63) is 35.9 Å². The van der Waals surface area contributed by atoms with Gasteiger partial charge in [0, 0.05) is 168 Å². The molecule has 16 unspecified atom stereocenters. The Hall–Kier alpha value is -11.3. The lowest BCUT2D eigenvalue weighted by molar-refractivity contribution is -0.277. The summed E-state index contributed by atoms with van der Waals surface area (Å²) in [5, 5.41) is 27.6. The van der Waals surface area contributed by atoms with E-state index in [-0.39, 0.29) is 141 Å². The first-order chi connectivity index (χ1) is 63.3. The summed E-state index contributed by atoms with van der Waals surface area (Å²) in [5.74, 6) is -10.9. The summed E-state index contributed by atoms with van der Waals surface area (Å²) in [6.07, 6.45) is -10.4. The van der Waals surface area contributed by atoms with Crippen LogP contribution in [-0.2, 0) is 169 Å². The Balaban J connectivity index is 1.41. The second-order valence-corrected chi connectivity index (χ2v) is 31.7. The predicted molar refractivity (Wildman–Crippen MR) is 461 cm³/mol. The summed E-state index contributed by atoms with van der Waals surface area (Å²) in [7, 11) is 0. The van der Waals surface area contributed by atoms with Gasteiger partial charge in [0.15, 0.2) is 55.5 Å². The van der Waals surface area contributed by atoms with E-state index in [1.54, 1.807) is 24.3 Å². The molecule has 1 aromatic carbocycles. The highest BCUT2D eigenvalue weighted by atomic mass is 16.7. The van der Waals surface area contributed by atoms with Crippen molar-refractivity contribution >= 4 is 113 Å². The summed E-state index contributed by atoms with van der Waals surface area (Å²) in [4.78, 5) is 242. The minimum absolute atomic E-state index is 0.0105. The molecule has 3 aliphatic heterocycles. The molecule has 3 saturated heterocycles. The minimum Gasteiger partial charge on any atom is -0.463 e. The van der Waals surface area contributed by atoms with Gasteiger partial charge in [-0.1, -0.05) is 49.6 Å². The van der Waals surface area contributed by atoms with Crippen LogP contribution in [0.1, 0.15) is 204 Å². The molecule has 1 aromatic rings. The number of esters is 9. The largest absolute Gasteiger partial charge is 0.463 e. The third-order valence-corrected chi connectivity index (χ3v) is 20.0. The monoisotopic (exact) mass is 1890 g/mol. The molecule has 10 N–H and O–H groups in total. The Labute approximate surface area is 772 Å². The summed E-state index contributed by atoms with van der Waals surface area (Å²) in [6.45, 7) is 12.3. The van der Waals surface area contributed by atoms with Crippen LogP contribution >= 0.6 is 0 Å². The van der Waals surface area contributed by atoms with Gasteiger partial charge in [-0.2, -0.15) is 0 Å². The van der Waals surface area contributed by atoms with Gasteiger partial charge in [-0.25, -0.2) is 4.79 Å². The molecule has 0 bridgehead atoms.